The fraction of sp³-hybridized carbons (Fsp3) is 0.667. The van der Waals surface area contributed by atoms with Gasteiger partial charge in [-0.25, -0.2) is 9.97 Å². The second-order valence-electron chi connectivity index (χ2n) is 10.6. The Morgan fingerprint density at radius 1 is 0.907 bits per heavy atom. The summed E-state index contributed by atoms with van der Waals surface area (Å²) in [6, 6.07) is -2.08. The summed E-state index contributed by atoms with van der Waals surface area (Å²) >= 11 is 0. The number of nitrogens with one attached hydrogen (secondary N) is 4. The number of unbranched alkanes of at least 4 members (excludes halogenated alkanes) is 2. The first-order chi connectivity index (χ1) is 20.6. The van der Waals surface area contributed by atoms with E-state index in [1.165, 1.54) is 12.4 Å². The summed E-state index contributed by atoms with van der Waals surface area (Å²) in [5, 5.41) is 28.3. The van der Waals surface area contributed by atoms with Crippen molar-refractivity contribution in [3.63, 3.8) is 0 Å². The lowest BCUT2D eigenvalue weighted by Gasteiger charge is -2.26. The van der Waals surface area contributed by atoms with Gasteiger partial charge >= 0.3 is 6.01 Å². The SMILES string of the molecule is CCCN(CCC)CCCC[C@H](NC(=O)[C@@H](NC(=O)CCCC#Cc1cnc(O)nc1)C(C)C)C(=O)NCC(=O)NCO. The maximum atomic E-state index is 13.3. The van der Waals surface area contributed by atoms with Crippen LogP contribution in [0.3, 0.4) is 0 Å². The van der Waals surface area contributed by atoms with Crippen molar-refractivity contribution in [1.29, 1.82) is 0 Å². The Balaban J connectivity index is 2.74. The molecule has 1 aromatic rings. The number of aromatic nitrogens is 2. The third kappa shape index (κ3) is 16.5. The van der Waals surface area contributed by atoms with E-state index in [0.717, 1.165) is 38.9 Å². The molecule has 0 fully saturated rings. The van der Waals surface area contributed by atoms with E-state index >= 15 is 0 Å². The summed E-state index contributed by atoms with van der Waals surface area (Å²) in [5.74, 6) is 3.70. The highest BCUT2D eigenvalue weighted by atomic mass is 16.3. The molecule has 0 bridgehead atoms. The van der Waals surface area contributed by atoms with Crippen molar-refractivity contribution >= 4 is 23.6 Å². The van der Waals surface area contributed by atoms with Crippen LogP contribution in [-0.2, 0) is 19.2 Å². The molecule has 13 heteroatoms. The average Bonchev–Trinajstić information content (AvgIpc) is 2.97. The second kappa shape index (κ2) is 21.9. The summed E-state index contributed by atoms with van der Waals surface area (Å²) in [6.45, 7) is 9.91. The van der Waals surface area contributed by atoms with Gasteiger partial charge in [0.2, 0.25) is 23.6 Å². The normalized spacial score (nSPS) is 12.2. The topological polar surface area (TPSA) is 186 Å². The van der Waals surface area contributed by atoms with Crippen molar-refractivity contribution in [3.8, 4) is 17.9 Å². The van der Waals surface area contributed by atoms with Crippen LogP contribution in [0.5, 0.6) is 6.01 Å². The Morgan fingerprint density at radius 3 is 2.19 bits per heavy atom. The second-order valence-corrected chi connectivity index (χ2v) is 10.6. The van der Waals surface area contributed by atoms with Gasteiger partial charge in [-0.05, 0) is 64.1 Å². The fourth-order valence-electron chi connectivity index (χ4n) is 4.29. The lowest BCUT2D eigenvalue weighted by Crippen LogP contribution is -2.56. The van der Waals surface area contributed by atoms with Gasteiger partial charge in [0.15, 0.2) is 0 Å². The van der Waals surface area contributed by atoms with E-state index in [4.69, 9.17) is 10.2 Å². The standard InChI is InChI=1S/C30H49N7O6/c1-5-15-37(16-6-2)17-11-10-13-24(28(41)31-20-26(40)34-21-38)35-29(42)27(22(3)4)36-25(39)14-9-7-8-12-23-18-32-30(43)33-19-23/h18-19,22,24,27,38H,5-7,9-11,13-17,20-21H2,1-4H3,(H,31,41)(H,34,40)(H,35,42)(H,36,39)(H,32,33,43)/t24-,27-/m0/s1. The molecule has 0 saturated carbocycles. The summed E-state index contributed by atoms with van der Waals surface area (Å²) in [4.78, 5) is 60.3. The third-order valence-electron chi connectivity index (χ3n) is 6.47. The van der Waals surface area contributed by atoms with E-state index in [1.54, 1.807) is 13.8 Å². The van der Waals surface area contributed by atoms with Crippen LogP contribution < -0.4 is 21.3 Å². The number of rotatable bonds is 20. The Bertz CT molecular complexity index is 1050. The Morgan fingerprint density at radius 2 is 1.58 bits per heavy atom. The predicted molar refractivity (Wildman–Crippen MR) is 162 cm³/mol. The molecule has 1 rings (SSSR count). The molecule has 4 amide bonds. The van der Waals surface area contributed by atoms with Crippen molar-refractivity contribution < 1.29 is 29.4 Å². The van der Waals surface area contributed by atoms with Gasteiger partial charge in [0.25, 0.3) is 0 Å². The first-order valence-electron chi connectivity index (χ1n) is 15.1. The summed E-state index contributed by atoms with van der Waals surface area (Å²) in [7, 11) is 0. The molecule has 2 atom stereocenters. The van der Waals surface area contributed by atoms with E-state index in [9.17, 15) is 19.2 Å². The molecule has 1 aromatic heterocycles. The molecular weight excluding hydrogens is 554 g/mol. The molecule has 0 aliphatic rings. The van der Waals surface area contributed by atoms with Gasteiger partial charge in [0.05, 0.1) is 12.1 Å². The number of amides is 4. The smallest absolute Gasteiger partial charge is 0.313 e. The van der Waals surface area contributed by atoms with Crippen LogP contribution in [0.15, 0.2) is 12.4 Å². The molecule has 13 nitrogen and oxygen atoms in total. The molecule has 6 N–H and O–H groups in total. The Labute approximate surface area is 255 Å². The van der Waals surface area contributed by atoms with E-state index in [-0.39, 0.29) is 30.8 Å². The summed E-state index contributed by atoms with van der Waals surface area (Å²) in [5.41, 5.74) is 0.547. The van der Waals surface area contributed by atoms with Crippen molar-refractivity contribution in [2.24, 2.45) is 5.92 Å². The molecule has 0 spiro atoms. The number of aliphatic hydroxyl groups is 1. The number of hydrogen-bond donors (Lipinski definition) is 6. The highest BCUT2D eigenvalue weighted by Crippen LogP contribution is 2.09. The maximum Gasteiger partial charge on any atom is 0.313 e. The molecule has 240 valence electrons. The zero-order valence-electron chi connectivity index (χ0n) is 25.9. The van der Waals surface area contributed by atoms with Crippen molar-refractivity contribution in [2.45, 2.75) is 91.1 Å². The molecule has 0 radical (unpaired) electrons. The lowest BCUT2D eigenvalue weighted by molar-refractivity contribution is -0.133. The highest BCUT2D eigenvalue weighted by Gasteiger charge is 2.28. The molecular formula is C30H49N7O6. The minimum Gasteiger partial charge on any atom is -0.479 e. The molecule has 0 aliphatic heterocycles. The lowest BCUT2D eigenvalue weighted by atomic mass is 10.0. The molecule has 0 unspecified atom stereocenters. The number of nitrogens with zero attached hydrogens (tertiary/aromatic N) is 3. The minimum absolute atomic E-state index is 0.160. The van der Waals surface area contributed by atoms with Gasteiger partial charge in [-0.1, -0.05) is 39.5 Å². The Hall–Kier alpha value is -3.76. The van der Waals surface area contributed by atoms with E-state index < -0.39 is 36.5 Å². The highest BCUT2D eigenvalue weighted by molar-refractivity contribution is 5.93. The maximum absolute atomic E-state index is 13.3. The predicted octanol–water partition coefficient (Wildman–Crippen LogP) is 0.804. The van der Waals surface area contributed by atoms with Gasteiger partial charge in [-0.3, -0.25) is 19.2 Å². The number of carbonyl (C=O) groups excluding carboxylic acids is 4. The number of aromatic hydroxyl groups is 1. The van der Waals surface area contributed by atoms with Crippen LogP contribution in [0.2, 0.25) is 0 Å². The summed E-state index contributed by atoms with van der Waals surface area (Å²) < 4.78 is 0. The molecule has 0 aromatic carbocycles. The van der Waals surface area contributed by atoms with E-state index in [0.29, 0.717) is 31.2 Å². The van der Waals surface area contributed by atoms with Crippen molar-refractivity contribution in [3.05, 3.63) is 18.0 Å². The fourth-order valence-corrected chi connectivity index (χ4v) is 4.29. The van der Waals surface area contributed by atoms with Crippen molar-refractivity contribution in [1.82, 2.24) is 36.1 Å². The van der Waals surface area contributed by atoms with Gasteiger partial charge in [0, 0.05) is 25.2 Å². The first-order valence-corrected chi connectivity index (χ1v) is 15.1. The van der Waals surface area contributed by atoms with Crippen LogP contribution >= 0.6 is 0 Å². The molecule has 1 heterocycles. The first kappa shape index (κ1) is 37.3. The van der Waals surface area contributed by atoms with Crippen LogP contribution in [0.1, 0.15) is 84.6 Å². The van der Waals surface area contributed by atoms with Gasteiger partial charge in [-0.2, -0.15) is 0 Å². The Kier molecular flexibility index (Phi) is 19.0. The molecule has 0 aliphatic carbocycles. The van der Waals surface area contributed by atoms with Crippen LogP contribution in [0, 0.1) is 17.8 Å². The molecule has 0 saturated heterocycles. The van der Waals surface area contributed by atoms with Gasteiger partial charge in [-0.15, -0.1) is 0 Å². The largest absolute Gasteiger partial charge is 0.479 e. The van der Waals surface area contributed by atoms with Crippen LogP contribution in [-0.4, -0.2) is 93.7 Å². The number of hydrogen-bond acceptors (Lipinski definition) is 9. The van der Waals surface area contributed by atoms with E-state index in [2.05, 4.69) is 61.8 Å². The number of aliphatic hydroxyl groups excluding tert-OH is 1. The zero-order valence-corrected chi connectivity index (χ0v) is 25.9. The zero-order chi connectivity index (χ0) is 32.0. The van der Waals surface area contributed by atoms with Crippen LogP contribution in [0.4, 0.5) is 0 Å². The van der Waals surface area contributed by atoms with Gasteiger partial charge < -0.3 is 36.4 Å². The minimum atomic E-state index is -0.891. The monoisotopic (exact) mass is 603 g/mol. The molecule has 43 heavy (non-hydrogen) atoms. The van der Waals surface area contributed by atoms with Gasteiger partial charge in [0.1, 0.15) is 18.8 Å². The third-order valence-corrected chi connectivity index (χ3v) is 6.47. The van der Waals surface area contributed by atoms with E-state index in [1.807, 2.05) is 0 Å². The average molecular weight is 604 g/mol. The van der Waals surface area contributed by atoms with Crippen LogP contribution in [0.25, 0.3) is 0 Å². The summed E-state index contributed by atoms with van der Waals surface area (Å²) in [6.07, 6.45) is 7.88. The number of carbonyl (C=O) groups is 4. The quantitative estimate of drug-likeness (QED) is 0.0712. The van der Waals surface area contributed by atoms with Crippen molar-refractivity contribution in [2.75, 3.05) is 32.9 Å².